The standard InChI is InChI=1S/C23H27N3O2/c1-16-6-8-19(9-7-16)14-25-23(27)21(13-24)12-20-11-17(2)26(18(20)3)15-22-5-4-10-28-22/h6-9,11-12,22H,4-5,10,14-15H2,1-3H3,(H,25,27)/b21-12+/t22-/m0/s1. The maximum absolute atomic E-state index is 12.5. The van der Waals surface area contributed by atoms with E-state index in [1.54, 1.807) is 6.08 Å². The maximum atomic E-state index is 12.5. The molecule has 0 aliphatic carbocycles. The van der Waals surface area contributed by atoms with Gasteiger partial charge >= 0.3 is 0 Å². The van der Waals surface area contributed by atoms with Gasteiger partial charge in [0.05, 0.1) is 6.10 Å². The number of hydrogen-bond donors (Lipinski definition) is 1. The molecular formula is C23H27N3O2. The SMILES string of the molecule is Cc1ccc(CNC(=O)/C(C#N)=C/c2cc(C)n(C[C@@H]3CCCO3)c2C)cc1. The Balaban J connectivity index is 1.71. The molecule has 5 heteroatoms. The van der Waals surface area contributed by atoms with Crippen molar-refractivity contribution in [3.63, 3.8) is 0 Å². The summed E-state index contributed by atoms with van der Waals surface area (Å²) in [5.41, 5.74) is 5.35. The lowest BCUT2D eigenvalue weighted by molar-refractivity contribution is -0.117. The third-order valence-electron chi connectivity index (χ3n) is 5.26. The zero-order valence-corrected chi connectivity index (χ0v) is 16.8. The van der Waals surface area contributed by atoms with E-state index in [9.17, 15) is 10.1 Å². The van der Waals surface area contributed by atoms with Crippen LogP contribution >= 0.6 is 0 Å². The molecule has 1 atom stereocenters. The van der Waals surface area contributed by atoms with Crippen LogP contribution in [0.2, 0.25) is 0 Å². The van der Waals surface area contributed by atoms with Crippen molar-refractivity contribution in [3.05, 3.63) is 64.0 Å². The summed E-state index contributed by atoms with van der Waals surface area (Å²) in [4.78, 5) is 12.5. The Bertz CT molecular complexity index is 911. The number of benzene rings is 1. The first-order valence-corrected chi connectivity index (χ1v) is 9.72. The fourth-order valence-corrected chi connectivity index (χ4v) is 3.53. The van der Waals surface area contributed by atoms with E-state index in [0.717, 1.165) is 48.5 Å². The zero-order valence-electron chi connectivity index (χ0n) is 16.8. The number of nitrogens with one attached hydrogen (secondary N) is 1. The van der Waals surface area contributed by atoms with Crippen LogP contribution < -0.4 is 5.32 Å². The number of rotatable bonds is 6. The average Bonchev–Trinajstić information content (AvgIpc) is 3.29. The van der Waals surface area contributed by atoms with Gasteiger partial charge in [0.2, 0.25) is 0 Å². The molecule has 1 aliphatic heterocycles. The van der Waals surface area contributed by atoms with Crippen molar-refractivity contribution in [3.8, 4) is 6.07 Å². The molecule has 3 rings (SSSR count). The van der Waals surface area contributed by atoms with Crippen LogP contribution in [-0.4, -0.2) is 23.2 Å². The second-order valence-electron chi connectivity index (χ2n) is 7.41. The van der Waals surface area contributed by atoms with E-state index in [-0.39, 0.29) is 17.6 Å². The minimum atomic E-state index is -0.355. The van der Waals surface area contributed by atoms with E-state index in [2.05, 4.69) is 9.88 Å². The molecule has 1 fully saturated rings. The second kappa shape index (κ2) is 8.90. The van der Waals surface area contributed by atoms with E-state index in [1.165, 1.54) is 5.56 Å². The Morgan fingerprint density at radius 3 is 2.71 bits per heavy atom. The Morgan fingerprint density at radius 2 is 2.07 bits per heavy atom. The number of nitrogens with zero attached hydrogens (tertiary/aromatic N) is 2. The molecule has 0 saturated carbocycles. The fourth-order valence-electron chi connectivity index (χ4n) is 3.53. The number of hydrogen-bond acceptors (Lipinski definition) is 3. The van der Waals surface area contributed by atoms with E-state index in [1.807, 2.05) is 57.2 Å². The van der Waals surface area contributed by atoms with E-state index in [4.69, 9.17) is 4.74 Å². The fraction of sp³-hybridized carbons (Fsp3) is 0.391. The molecule has 0 bridgehead atoms. The molecule has 2 aromatic rings. The van der Waals surface area contributed by atoms with Gasteiger partial charge in [-0.05, 0) is 56.9 Å². The molecule has 28 heavy (non-hydrogen) atoms. The summed E-state index contributed by atoms with van der Waals surface area (Å²) < 4.78 is 7.95. The lowest BCUT2D eigenvalue weighted by atomic mass is 10.1. The number of aromatic nitrogens is 1. The molecular weight excluding hydrogens is 350 g/mol. The Kier molecular flexibility index (Phi) is 6.33. The zero-order chi connectivity index (χ0) is 20.1. The van der Waals surface area contributed by atoms with Gasteiger partial charge in [-0.2, -0.15) is 5.26 Å². The van der Waals surface area contributed by atoms with Crippen LogP contribution in [0.3, 0.4) is 0 Å². The number of carbonyl (C=O) groups excluding carboxylic acids is 1. The first-order valence-electron chi connectivity index (χ1n) is 9.72. The topological polar surface area (TPSA) is 67.0 Å². The van der Waals surface area contributed by atoms with Crippen molar-refractivity contribution in [1.29, 1.82) is 5.26 Å². The minimum Gasteiger partial charge on any atom is -0.376 e. The normalized spacial score (nSPS) is 16.8. The van der Waals surface area contributed by atoms with Gasteiger partial charge in [0.15, 0.2) is 0 Å². The van der Waals surface area contributed by atoms with Gasteiger partial charge in [0.1, 0.15) is 11.6 Å². The van der Waals surface area contributed by atoms with Gasteiger partial charge in [-0.3, -0.25) is 4.79 Å². The Hall–Kier alpha value is -2.84. The molecule has 1 aromatic carbocycles. The highest BCUT2D eigenvalue weighted by molar-refractivity contribution is 6.01. The van der Waals surface area contributed by atoms with Crippen LogP contribution in [0, 0.1) is 32.1 Å². The predicted molar refractivity (Wildman–Crippen MR) is 109 cm³/mol. The smallest absolute Gasteiger partial charge is 0.262 e. The summed E-state index contributed by atoms with van der Waals surface area (Å²) >= 11 is 0. The van der Waals surface area contributed by atoms with Crippen LogP contribution in [0.5, 0.6) is 0 Å². The van der Waals surface area contributed by atoms with Crippen LogP contribution in [0.1, 0.15) is 40.9 Å². The molecule has 1 N–H and O–H groups in total. The molecule has 1 aliphatic rings. The number of nitriles is 1. The second-order valence-corrected chi connectivity index (χ2v) is 7.41. The average molecular weight is 377 g/mol. The molecule has 1 amide bonds. The number of carbonyl (C=O) groups is 1. The van der Waals surface area contributed by atoms with Crippen LogP contribution in [0.4, 0.5) is 0 Å². The van der Waals surface area contributed by atoms with E-state index in [0.29, 0.717) is 6.54 Å². The molecule has 0 spiro atoms. The summed E-state index contributed by atoms with van der Waals surface area (Å²) in [6, 6.07) is 12.0. The van der Waals surface area contributed by atoms with Crippen molar-refractivity contribution in [2.45, 2.75) is 52.8 Å². The lowest BCUT2D eigenvalue weighted by Crippen LogP contribution is -2.24. The quantitative estimate of drug-likeness (QED) is 0.615. The van der Waals surface area contributed by atoms with Crippen molar-refractivity contribution in [1.82, 2.24) is 9.88 Å². The van der Waals surface area contributed by atoms with E-state index < -0.39 is 0 Å². The highest BCUT2D eigenvalue weighted by Gasteiger charge is 2.19. The predicted octanol–water partition coefficient (Wildman–Crippen LogP) is 3.82. The lowest BCUT2D eigenvalue weighted by Gasteiger charge is -2.14. The maximum Gasteiger partial charge on any atom is 0.262 e. The molecule has 1 aromatic heterocycles. The van der Waals surface area contributed by atoms with Crippen LogP contribution in [0.15, 0.2) is 35.9 Å². The summed E-state index contributed by atoms with van der Waals surface area (Å²) in [6.07, 6.45) is 4.11. The number of amides is 1. The van der Waals surface area contributed by atoms with Crippen molar-refractivity contribution >= 4 is 12.0 Å². The van der Waals surface area contributed by atoms with Gasteiger partial charge in [-0.15, -0.1) is 0 Å². The van der Waals surface area contributed by atoms with Crippen LogP contribution in [-0.2, 0) is 22.6 Å². The molecule has 1 saturated heterocycles. The van der Waals surface area contributed by atoms with Gasteiger partial charge in [0.25, 0.3) is 5.91 Å². The highest BCUT2D eigenvalue weighted by Crippen LogP contribution is 2.22. The summed E-state index contributed by atoms with van der Waals surface area (Å²) in [5, 5.41) is 12.3. The monoisotopic (exact) mass is 377 g/mol. The van der Waals surface area contributed by atoms with Crippen molar-refractivity contribution in [2.24, 2.45) is 0 Å². The third kappa shape index (κ3) is 4.71. The van der Waals surface area contributed by atoms with Gasteiger partial charge in [-0.25, -0.2) is 0 Å². The molecule has 0 unspecified atom stereocenters. The first kappa shape index (κ1) is 19.9. The van der Waals surface area contributed by atoms with Crippen molar-refractivity contribution < 1.29 is 9.53 Å². The molecule has 0 radical (unpaired) electrons. The summed E-state index contributed by atoms with van der Waals surface area (Å²) in [6.45, 7) is 8.13. The van der Waals surface area contributed by atoms with Gasteiger partial charge < -0.3 is 14.6 Å². The molecule has 5 nitrogen and oxygen atoms in total. The molecule has 2 heterocycles. The van der Waals surface area contributed by atoms with Gasteiger partial charge in [0, 0.05) is 31.1 Å². The van der Waals surface area contributed by atoms with Gasteiger partial charge in [-0.1, -0.05) is 29.8 Å². The van der Waals surface area contributed by atoms with Crippen molar-refractivity contribution in [2.75, 3.05) is 6.61 Å². The van der Waals surface area contributed by atoms with Crippen LogP contribution in [0.25, 0.3) is 6.08 Å². The largest absolute Gasteiger partial charge is 0.376 e. The minimum absolute atomic E-state index is 0.115. The summed E-state index contributed by atoms with van der Waals surface area (Å²) in [5.74, 6) is -0.355. The first-order chi connectivity index (χ1) is 13.5. The number of aryl methyl sites for hydroxylation is 2. The third-order valence-corrected chi connectivity index (χ3v) is 5.26. The highest BCUT2D eigenvalue weighted by atomic mass is 16.5. The Morgan fingerprint density at radius 1 is 1.32 bits per heavy atom. The Labute approximate surface area is 166 Å². The number of ether oxygens (including phenoxy) is 1. The summed E-state index contributed by atoms with van der Waals surface area (Å²) in [7, 11) is 0. The van der Waals surface area contributed by atoms with E-state index >= 15 is 0 Å². The molecule has 146 valence electrons.